The zero-order chi connectivity index (χ0) is 12.6. The van der Waals surface area contributed by atoms with Crippen molar-refractivity contribution in [1.29, 1.82) is 0 Å². The summed E-state index contributed by atoms with van der Waals surface area (Å²) in [5, 5.41) is 4.35. The molecule has 0 fully saturated rings. The van der Waals surface area contributed by atoms with Crippen molar-refractivity contribution in [3.63, 3.8) is 0 Å². The minimum Gasteiger partial charge on any atom is -0.366 e. The number of nitrogens with two attached hydrogens (primary N) is 1. The van der Waals surface area contributed by atoms with Gasteiger partial charge in [-0.05, 0) is 25.5 Å². The molecule has 0 aliphatic carbocycles. The Labute approximate surface area is 100 Å². The molecule has 2 rings (SSSR count). The number of carbonyl (C=O) groups is 1. The molecule has 1 aromatic carbocycles. The summed E-state index contributed by atoms with van der Waals surface area (Å²) < 4.78 is 1.81. The highest BCUT2D eigenvalue weighted by Crippen LogP contribution is 2.29. The molecule has 4 heteroatoms. The van der Waals surface area contributed by atoms with Gasteiger partial charge >= 0.3 is 0 Å². The van der Waals surface area contributed by atoms with E-state index in [1.165, 1.54) is 0 Å². The Morgan fingerprint density at radius 2 is 1.94 bits per heavy atom. The molecule has 2 aromatic rings. The van der Waals surface area contributed by atoms with Gasteiger partial charge in [-0.15, -0.1) is 0 Å². The smallest absolute Gasteiger partial charge is 0.249 e. The lowest BCUT2D eigenvalue weighted by Crippen LogP contribution is -2.12. The molecule has 0 saturated heterocycles. The van der Waals surface area contributed by atoms with Gasteiger partial charge in [-0.25, -0.2) is 0 Å². The summed E-state index contributed by atoms with van der Waals surface area (Å²) in [6.07, 6.45) is 0. The molecule has 88 valence electrons. The molecule has 1 heterocycles. The van der Waals surface area contributed by atoms with E-state index in [9.17, 15) is 4.79 Å². The molecule has 17 heavy (non-hydrogen) atoms. The van der Waals surface area contributed by atoms with Gasteiger partial charge in [0.2, 0.25) is 5.91 Å². The molecule has 4 nitrogen and oxygen atoms in total. The Hall–Kier alpha value is -2.10. The minimum absolute atomic E-state index is 0.414. The van der Waals surface area contributed by atoms with Gasteiger partial charge in [-0.2, -0.15) is 5.10 Å². The zero-order valence-corrected chi connectivity index (χ0v) is 10.2. The van der Waals surface area contributed by atoms with Crippen LogP contribution in [0.1, 0.15) is 21.7 Å². The van der Waals surface area contributed by atoms with Crippen LogP contribution < -0.4 is 5.73 Å². The first-order chi connectivity index (χ1) is 8.02. The fourth-order valence-corrected chi connectivity index (χ4v) is 2.08. The lowest BCUT2D eigenvalue weighted by molar-refractivity contribution is 0.100. The summed E-state index contributed by atoms with van der Waals surface area (Å²) in [5.74, 6) is -0.414. The molecule has 0 atom stereocenters. The van der Waals surface area contributed by atoms with E-state index in [1.54, 1.807) is 6.07 Å². The SMILES string of the molecule is Cc1nn(C)c(C)c1-c1ccccc1C(N)=O. The zero-order valence-electron chi connectivity index (χ0n) is 10.2. The van der Waals surface area contributed by atoms with Crippen molar-refractivity contribution < 1.29 is 4.79 Å². The molecule has 0 aliphatic rings. The molecule has 0 radical (unpaired) electrons. The molecular weight excluding hydrogens is 214 g/mol. The van der Waals surface area contributed by atoms with Crippen molar-refractivity contribution in [2.24, 2.45) is 12.8 Å². The van der Waals surface area contributed by atoms with Crippen molar-refractivity contribution in [1.82, 2.24) is 9.78 Å². The first-order valence-corrected chi connectivity index (χ1v) is 5.41. The topological polar surface area (TPSA) is 60.9 Å². The maximum atomic E-state index is 11.4. The second-order valence-electron chi connectivity index (χ2n) is 4.08. The number of carbonyl (C=O) groups excluding carboxylic acids is 1. The molecule has 0 spiro atoms. The van der Waals surface area contributed by atoms with E-state index in [4.69, 9.17) is 5.73 Å². The molecule has 0 aliphatic heterocycles. The van der Waals surface area contributed by atoms with Crippen LogP contribution in [0.3, 0.4) is 0 Å². The van der Waals surface area contributed by atoms with Gasteiger partial charge in [0.15, 0.2) is 0 Å². The van der Waals surface area contributed by atoms with Gasteiger partial charge in [0.1, 0.15) is 0 Å². The van der Waals surface area contributed by atoms with Gasteiger partial charge in [0.25, 0.3) is 0 Å². The monoisotopic (exact) mass is 229 g/mol. The second-order valence-corrected chi connectivity index (χ2v) is 4.08. The lowest BCUT2D eigenvalue weighted by Gasteiger charge is -2.07. The van der Waals surface area contributed by atoms with E-state index in [2.05, 4.69) is 5.10 Å². The highest BCUT2D eigenvalue weighted by molar-refractivity contribution is 6.00. The van der Waals surface area contributed by atoms with Crippen LogP contribution in [0.5, 0.6) is 0 Å². The van der Waals surface area contributed by atoms with Gasteiger partial charge in [-0.3, -0.25) is 9.48 Å². The predicted molar refractivity (Wildman–Crippen MR) is 66.6 cm³/mol. The van der Waals surface area contributed by atoms with E-state index in [0.717, 1.165) is 22.5 Å². The number of benzene rings is 1. The maximum Gasteiger partial charge on any atom is 0.249 e. The number of amides is 1. The third-order valence-corrected chi connectivity index (χ3v) is 2.97. The molecular formula is C13H15N3O. The Kier molecular flexibility index (Phi) is 2.71. The molecule has 0 saturated carbocycles. The normalized spacial score (nSPS) is 10.5. The molecule has 1 amide bonds. The van der Waals surface area contributed by atoms with Gasteiger partial charge in [-0.1, -0.05) is 18.2 Å². The highest BCUT2D eigenvalue weighted by Gasteiger charge is 2.16. The van der Waals surface area contributed by atoms with Crippen LogP contribution >= 0.6 is 0 Å². The third-order valence-electron chi connectivity index (χ3n) is 2.97. The Morgan fingerprint density at radius 3 is 2.47 bits per heavy atom. The quantitative estimate of drug-likeness (QED) is 0.853. The summed E-state index contributed by atoms with van der Waals surface area (Å²) in [6, 6.07) is 7.35. The summed E-state index contributed by atoms with van der Waals surface area (Å²) >= 11 is 0. The predicted octanol–water partition coefficient (Wildman–Crippen LogP) is 1.80. The average Bonchev–Trinajstić information content (AvgIpc) is 2.53. The average molecular weight is 229 g/mol. The van der Waals surface area contributed by atoms with Crippen LogP contribution in [0.2, 0.25) is 0 Å². The third kappa shape index (κ3) is 1.82. The maximum absolute atomic E-state index is 11.4. The largest absolute Gasteiger partial charge is 0.366 e. The van der Waals surface area contributed by atoms with E-state index in [-0.39, 0.29) is 0 Å². The summed E-state index contributed by atoms with van der Waals surface area (Å²) in [5.41, 5.74) is 9.69. The number of aryl methyl sites for hydroxylation is 2. The van der Waals surface area contributed by atoms with Gasteiger partial charge in [0.05, 0.1) is 5.69 Å². The molecule has 1 aromatic heterocycles. The number of hydrogen-bond donors (Lipinski definition) is 1. The van der Waals surface area contributed by atoms with Crippen molar-refractivity contribution in [2.45, 2.75) is 13.8 Å². The van der Waals surface area contributed by atoms with Gasteiger partial charge < -0.3 is 5.73 Å². The number of aromatic nitrogens is 2. The Balaban J connectivity index is 2.72. The van der Waals surface area contributed by atoms with Crippen molar-refractivity contribution in [2.75, 3.05) is 0 Å². The van der Waals surface area contributed by atoms with E-state index in [1.807, 2.05) is 43.8 Å². The summed E-state index contributed by atoms with van der Waals surface area (Å²) in [6.45, 7) is 3.91. The van der Waals surface area contributed by atoms with Crippen molar-refractivity contribution >= 4 is 5.91 Å². The van der Waals surface area contributed by atoms with E-state index < -0.39 is 5.91 Å². The van der Waals surface area contributed by atoms with Crippen LogP contribution in [0, 0.1) is 13.8 Å². The summed E-state index contributed by atoms with van der Waals surface area (Å²) in [4.78, 5) is 11.4. The fraction of sp³-hybridized carbons (Fsp3) is 0.231. The lowest BCUT2D eigenvalue weighted by atomic mass is 9.98. The molecule has 0 bridgehead atoms. The second kappa shape index (κ2) is 4.05. The minimum atomic E-state index is -0.414. The Bertz CT molecular complexity index is 584. The van der Waals surface area contributed by atoms with Crippen molar-refractivity contribution in [3.8, 4) is 11.1 Å². The number of hydrogen-bond acceptors (Lipinski definition) is 2. The Morgan fingerprint density at radius 1 is 1.29 bits per heavy atom. The van der Waals surface area contributed by atoms with Crippen LogP contribution in [0.4, 0.5) is 0 Å². The first kappa shape index (κ1) is 11.4. The van der Waals surface area contributed by atoms with Crippen LogP contribution in [0.15, 0.2) is 24.3 Å². The first-order valence-electron chi connectivity index (χ1n) is 5.41. The van der Waals surface area contributed by atoms with E-state index >= 15 is 0 Å². The van der Waals surface area contributed by atoms with Crippen LogP contribution in [-0.4, -0.2) is 15.7 Å². The fourth-order valence-electron chi connectivity index (χ4n) is 2.08. The van der Waals surface area contributed by atoms with Crippen LogP contribution in [0.25, 0.3) is 11.1 Å². The number of rotatable bonds is 2. The van der Waals surface area contributed by atoms with Gasteiger partial charge in [0, 0.05) is 23.9 Å². The van der Waals surface area contributed by atoms with E-state index in [0.29, 0.717) is 5.56 Å². The molecule has 2 N–H and O–H groups in total. The summed E-state index contributed by atoms with van der Waals surface area (Å²) in [7, 11) is 1.89. The van der Waals surface area contributed by atoms with Crippen molar-refractivity contribution in [3.05, 3.63) is 41.2 Å². The number of primary amides is 1. The standard InChI is InChI=1S/C13H15N3O/c1-8-12(9(2)16(3)15-8)10-6-4-5-7-11(10)13(14)17/h4-7H,1-3H3,(H2,14,17). The van der Waals surface area contributed by atoms with Crippen LogP contribution in [-0.2, 0) is 7.05 Å². The highest BCUT2D eigenvalue weighted by atomic mass is 16.1. The molecule has 0 unspecified atom stereocenters. The number of nitrogens with zero attached hydrogens (tertiary/aromatic N) is 2.